The van der Waals surface area contributed by atoms with Gasteiger partial charge in [0.2, 0.25) is 0 Å². The van der Waals surface area contributed by atoms with E-state index in [1.807, 2.05) is 0 Å². The normalized spacial score (nSPS) is 13.3. The number of rotatable bonds is 0. The fourth-order valence-electron chi connectivity index (χ4n) is 0.542. The molecule has 0 aromatic carbocycles. The second-order valence-electron chi connectivity index (χ2n) is 1.52. The van der Waals surface area contributed by atoms with Crippen LogP contribution in [0.4, 0.5) is 0 Å². The molecule has 9 heavy (non-hydrogen) atoms. The molecule has 0 radical (unpaired) electrons. The Bertz CT molecular complexity index is 131. The fourth-order valence-corrected chi connectivity index (χ4v) is 0.542. The van der Waals surface area contributed by atoms with Gasteiger partial charge in [-0.25, -0.2) is 0 Å². The maximum atomic E-state index is 8.50. The molecule has 0 fully saturated rings. The summed E-state index contributed by atoms with van der Waals surface area (Å²) >= 11 is -2.00. The Kier molecular flexibility index (Phi) is 7.62. The van der Waals surface area contributed by atoms with E-state index in [0.29, 0.717) is 0 Å². The first-order valence-electron chi connectivity index (χ1n) is 2.72. The Morgan fingerprint density at radius 3 is 1.44 bits per heavy atom. The molecule has 0 aromatic heterocycles. The van der Waals surface area contributed by atoms with E-state index in [1.54, 1.807) is 0 Å². The average molecular weight is 160 g/mol. The van der Waals surface area contributed by atoms with Crippen LogP contribution in [0.1, 0.15) is 12.8 Å². The zero-order chi connectivity index (χ0) is 6.95. The van der Waals surface area contributed by atoms with Gasteiger partial charge in [-0.3, -0.25) is 0 Å². The van der Waals surface area contributed by atoms with Gasteiger partial charge >= 0.3 is 25.7 Å². The van der Waals surface area contributed by atoms with E-state index >= 15 is 0 Å². The van der Waals surface area contributed by atoms with Crippen LogP contribution in [-0.4, -0.2) is 0 Å². The summed E-state index contributed by atoms with van der Waals surface area (Å²) in [6, 6.07) is 0. The van der Waals surface area contributed by atoms with Crippen molar-refractivity contribution in [1.29, 1.82) is 0 Å². The summed E-state index contributed by atoms with van der Waals surface area (Å²) < 4.78 is 17.0. The molecule has 0 spiro atoms. The molecule has 1 rings (SSSR count). The molecule has 2 nitrogen and oxygen atoms in total. The summed E-state index contributed by atoms with van der Waals surface area (Å²) in [5.74, 6) is 0. The molecule has 0 saturated heterocycles. The Labute approximate surface area is 63.2 Å². The van der Waals surface area contributed by atoms with E-state index in [2.05, 4.69) is 24.3 Å². The molecule has 0 heterocycles. The van der Waals surface area contributed by atoms with Gasteiger partial charge < -0.3 is 0 Å². The van der Waals surface area contributed by atoms with Crippen molar-refractivity contribution in [2.24, 2.45) is 0 Å². The van der Waals surface area contributed by atoms with Crippen LogP contribution < -0.4 is 0 Å². The monoisotopic (exact) mass is 160 g/mol. The molecule has 0 aliphatic heterocycles. The van der Waals surface area contributed by atoms with E-state index in [-0.39, 0.29) is 0 Å². The third-order valence-corrected chi connectivity index (χ3v) is 0.883. The van der Waals surface area contributed by atoms with Gasteiger partial charge in [0.15, 0.2) is 0 Å². The molecule has 0 atom stereocenters. The molecular formula is C6H8O2Ti. The second kappa shape index (κ2) is 7.79. The second-order valence-corrected chi connectivity index (χ2v) is 1.78. The Morgan fingerprint density at radius 1 is 1.00 bits per heavy atom. The average Bonchev–Trinajstić information content (AvgIpc) is 1.93. The summed E-state index contributed by atoms with van der Waals surface area (Å²) in [5, 5.41) is 0. The van der Waals surface area contributed by atoms with Gasteiger partial charge in [0.1, 0.15) is 0 Å². The van der Waals surface area contributed by atoms with Crippen molar-refractivity contribution in [2.45, 2.75) is 12.8 Å². The van der Waals surface area contributed by atoms with Crippen molar-refractivity contribution < 1.29 is 25.7 Å². The number of hydrogen-bond donors (Lipinski definition) is 0. The first-order valence-corrected chi connectivity index (χ1v) is 4.00. The minimum absolute atomic E-state index is 1.23. The summed E-state index contributed by atoms with van der Waals surface area (Å²) in [5.41, 5.74) is 0. The van der Waals surface area contributed by atoms with E-state index in [4.69, 9.17) is 6.65 Å². The molecule has 0 aromatic rings. The van der Waals surface area contributed by atoms with Crippen molar-refractivity contribution >= 4 is 0 Å². The molecule has 0 bridgehead atoms. The van der Waals surface area contributed by atoms with Gasteiger partial charge in [-0.1, -0.05) is 24.3 Å². The summed E-state index contributed by atoms with van der Waals surface area (Å²) in [4.78, 5) is 0. The predicted molar refractivity (Wildman–Crippen MR) is 28.9 cm³/mol. The molecule has 48 valence electrons. The van der Waals surface area contributed by atoms with E-state index in [9.17, 15) is 0 Å². The van der Waals surface area contributed by atoms with Crippen LogP contribution in [-0.2, 0) is 25.7 Å². The van der Waals surface area contributed by atoms with Crippen molar-refractivity contribution in [3.63, 3.8) is 0 Å². The number of hydrogen-bond acceptors (Lipinski definition) is 2. The molecular weight excluding hydrogens is 152 g/mol. The topological polar surface area (TPSA) is 34.1 Å². The first kappa shape index (κ1) is 8.79. The maximum absolute atomic E-state index is 8.50. The Hall–Kier alpha value is -0.206. The zero-order valence-corrected chi connectivity index (χ0v) is 6.60. The Morgan fingerprint density at radius 2 is 1.33 bits per heavy atom. The predicted octanol–water partition coefficient (Wildman–Crippen LogP) is 1.65. The standard InChI is InChI=1S/C6H8.2O.Ti/c1-2-4-6-5-3-1;;;/h1-4H,5-6H2;;;. The van der Waals surface area contributed by atoms with Crippen molar-refractivity contribution in [1.82, 2.24) is 0 Å². The van der Waals surface area contributed by atoms with Gasteiger partial charge in [0, 0.05) is 0 Å². The van der Waals surface area contributed by atoms with Gasteiger partial charge in [-0.15, -0.1) is 0 Å². The first-order chi connectivity index (χ1) is 4.41. The van der Waals surface area contributed by atoms with Gasteiger partial charge in [-0.05, 0) is 12.8 Å². The van der Waals surface area contributed by atoms with Crippen LogP contribution >= 0.6 is 0 Å². The van der Waals surface area contributed by atoms with Crippen LogP contribution in [0.2, 0.25) is 0 Å². The minimum atomic E-state index is -2.00. The SMILES string of the molecule is C1=CCCC=C1.[O]=[Ti]=[O]. The quantitative estimate of drug-likeness (QED) is 0.505. The molecule has 3 heteroatoms. The van der Waals surface area contributed by atoms with Crippen LogP contribution in [0.3, 0.4) is 0 Å². The van der Waals surface area contributed by atoms with E-state index < -0.39 is 19.1 Å². The van der Waals surface area contributed by atoms with Crippen molar-refractivity contribution in [3.8, 4) is 0 Å². The summed E-state index contributed by atoms with van der Waals surface area (Å²) in [6.07, 6.45) is 11.0. The van der Waals surface area contributed by atoms with Crippen LogP contribution in [0.15, 0.2) is 24.3 Å². The Balaban J connectivity index is 0.000000187. The number of allylic oxidation sites excluding steroid dienone is 4. The summed E-state index contributed by atoms with van der Waals surface area (Å²) in [7, 11) is 0. The van der Waals surface area contributed by atoms with Gasteiger partial charge in [0.05, 0.1) is 0 Å². The summed E-state index contributed by atoms with van der Waals surface area (Å²) in [6.45, 7) is 0. The van der Waals surface area contributed by atoms with Crippen molar-refractivity contribution in [3.05, 3.63) is 24.3 Å². The van der Waals surface area contributed by atoms with Crippen LogP contribution in [0, 0.1) is 0 Å². The molecule has 0 N–H and O–H groups in total. The van der Waals surface area contributed by atoms with Crippen LogP contribution in [0.25, 0.3) is 0 Å². The van der Waals surface area contributed by atoms with Crippen LogP contribution in [0.5, 0.6) is 0 Å². The van der Waals surface area contributed by atoms with Gasteiger partial charge in [-0.2, -0.15) is 0 Å². The molecule has 0 unspecified atom stereocenters. The fraction of sp³-hybridized carbons (Fsp3) is 0.333. The van der Waals surface area contributed by atoms with Gasteiger partial charge in [0.25, 0.3) is 0 Å². The molecule has 0 saturated carbocycles. The van der Waals surface area contributed by atoms with E-state index in [1.165, 1.54) is 12.8 Å². The zero-order valence-electron chi connectivity index (χ0n) is 5.04. The third-order valence-electron chi connectivity index (χ3n) is 0.883. The molecule has 1 aliphatic carbocycles. The van der Waals surface area contributed by atoms with E-state index in [0.717, 1.165) is 0 Å². The molecule has 1 aliphatic rings. The van der Waals surface area contributed by atoms with Crippen molar-refractivity contribution in [2.75, 3.05) is 0 Å². The molecule has 0 amide bonds. The third kappa shape index (κ3) is 7.79.